The molecule has 0 spiro atoms. The highest BCUT2D eigenvalue weighted by Gasteiger charge is 2.13. The van der Waals surface area contributed by atoms with E-state index in [4.69, 9.17) is 11.6 Å². The summed E-state index contributed by atoms with van der Waals surface area (Å²) in [5.74, 6) is 0.709. The average Bonchev–Trinajstić information content (AvgIpc) is 2.93. The number of nitrogens with zero attached hydrogens (tertiary/aromatic N) is 1. The lowest BCUT2D eigenvalue weighted by atomic mass is 10.1. The van der Waals surface area contributed by atoms with Crippen LogP contribution in [0, 0.1) is 0 Å². The Hall–Kier alpha value is -2.33. The molecule has 3 aromatic rings. The van der Waals surface area contributed by atoms with E-state index in [9.17, 15) is 4.79 Å². The predicted molar refractivity (Wildman–Crippen MR) is 87.8 cm³/mol. The van der Waals surface area contributed by atoms with E-state index >= 15 is 0 Å². The minimum atomic E-state index is -0.174. The Balaban J connectivity index is 1.66. The highest BCUT2D eigenvalue weighted by Crippen LogP contribution is 2.16. The number of rotatable bonds is 4. The zero-order valence-corrected chi connectivity index (χ0v) is 12.9. The van der Waals surface area contributed by atoms with Gasteiger partial charge in [0.05, 0.1) is 23.5 Å². The van der Waals surface area contributed by atoms with Crippen molar-refractivity contribution in [3.05, 3.63) is 64.9 Å². The molecule has 0 radical (unpaired) electrons. The summed E-state index contributed by atoms with van der Waals surface area (Å²) in [6, 6.07) is 14.9. The number of benzene rings is 2. The van der Waals surface area contributed by atoms with Crippen LogP contribution in [0.5, 0.6) is 0 Å². The van der Waals surface area contributed by atoms with E-state index in [0.29, 0.717) is 11.4 Å². The van der Waals surface area contributed by atoms with Crippen LogP contribution in [0.2, 0.25) is 5.02 Å². The fourth-order valence-electron chi connectivity index (χ4n) is 2.33. The van der Waals surface area contributed by atoms with E-state index in [1.807, 2.05) is 43.3 Å². The summed E-state index contributed by atoms with van der Waals surface area (Å²) in [7, 11) is 0. The highest BCUT2D eigenvalue weighted by atomic mass is 35.5. The van der Waals surface area contributed by atoms with Crippen molar-refractivity contribution in [1.82, 2.24) is 15.3 Å². The van der Waals surface area contributed by atoms with Crippen LogP contribution in [-0.2, 0) is 11.2 Å². The molecule has 5 heteroatoms. The van der Waals surface area contributed by atoms with Gasteiger partial charge < -0.3 is 10.3 Å². The molecule has 0 aliphatic rings. The van der Waals surface area contributed by atoms with Crippen molar-refractivity contribution in [1.29, 1.82) is 0 Å². The third-order valence-corrected chi connectivity index (χ3v) is 3.73. The van der Waals surface area contributed by atoms with E-state index in [-0.39, 0.29) is 11.9 Å². The molecular weight excluding hydrogens is 298 g/mol. The Labute approximate surface area is 133 Å². The first-order chi connectivity index (χ1) is 10.6. The van der Waals surface area contributed by atoms with Crippen molar-refractivity contribution in [2.24, 2.45) is 0 Å². The molecule has 2 aromatic carbocycles. The van der Waals surface area contributed by atoms with E-state index in [1.165, 1.54) is 0 Å². The summed E-state index contributed by atoms with van der Waals surface area (Å²) in [6.07, 6.45) is 0.321. The van der Waals surface area contributed by atoms with Crippen molar-refractivity contribution < 1.29 is 4.79 Å². The number of para-hydroxylation sites is 2. The van der Waals surface area contributed by atoms with Crippen molar-refractivity contribution in [2.45, 2.75) is 19.4 Å². The van der Waals surface area contributed by atoms with E-state index in [2.05, 4.69) is 15.3 Å². The van der Waals surface area contributed by atoms with Gasteiger partial charge in [-0.3, -0.25) is 4.79 Å². The molecule has 4 nitrogen and oxygen atoms in total. The number of halogens is 1. The molecular formula is C17H16ClN3O. The fourth-order valence-corrected chi connectivity index (χ4v) is 2.45. The van der Waals surface area contributed by atoms with Gasteiger partial charge in [0.2, 0.25) is 5.91 Å². The first-order valence-corrected chi connectivity index (χ1v) is 7.48. The first-order valence-electron chi connectivity index (χ1n) is 7.10. The van der Waals surface area contributed by atoms with Crippen molar-refractivity contribution in [3.63, 3.8) is 0 Å². The van der Waals surface area contributed by atoms with Crippen LogP contribution in [0.4, 0.5) is 0 Å². The Morgan fingerprint density at radius 2 is 1.95 bits per heavy atom. The van der Waals surface area contributed by atoms with E-state index < -0.39 is 0 Å². The molecule has 3 rings (SSSR count). The van der Waals surface area contributed by atoms with Gasteiger partial charge in [-0.1, -0.05) is 35.9 Å². The molecule has 0 fully saturated rings. The van der Waals surface area contributed by atoms with Crippen LogP contribution >= 0.6 is 11.6 Å². The fraction of sp³-hybridized carbons (Fsp3) is 0.176. The summed E-state index contributed by atoms with van der Waals surface area (Å²) in [4.78, 5) is 19.8. The number of hydrogen-bond donors (Lipinski definition) is 2. The monoisotopic (exact) mass is 313 g/mol. The minimum Gasteiger partial charge on any atom is -0.346 e. The molecule has 1 amide bonds. The second-order valence-corrected chi connectivity index (χ2v) is 5.67. The number of aromatic amines is 1. The zero-order chi connectivity index (χ0) is 15.5. The molecule has 112 valence electrons. The largest absolute Gasteiger partial charge is 0.346 e. The lowest BCUT2D eigenvalue weighted by molar-refractivity contribution is -0.121. The number of hydrogen-bond acceptors (Lipinski definition) is 2. The Bertz CT molecular complexity index is 762. The van der Waals surface area contributed by atoms with Crippen molar-refractivity contribution >= 4 is 28.5 Å². The molecule has 1 heterocycles. The van der Waals surface area contributed by atoms with Gasteiger partial charge in [-0.15, -0.1) is 0 Å². The Kier molecular flexibility index (Phi) is 4.11. The maximum Gasteiger partial charge on any atom is 0.224 e. The molecule has 1 atom stereocenters. The van der Waals surface area contributed by atoms with Crippen LogP contribution in [0.3, 0.4) is 0 Å². The van der Waals surface area contributed by atoms with Gasteiger partial charge in [0, 0.05) is 5.02 Å². The van der Waals surface area contributed by atoms with Gasteiger partial charge in [-0.05, 0) is 36.8 Å². The maximum absolute atomic E-state index is 12.1. The summed E-state index contributed by atoms with van der Waals surface area (Å²) < 4.78 is 0. The zero-order valence-electron chi connectivity index (χ0n) is 12.1. The molecule has 0 aliphatic carbocycles. The van der Waals surface area contributed by atoms with Crippen molar-refractivity contribution in [2.75, 3.05) is 0 Å². The lowest BCUT2D eigenvalue weighted by Crippen LogP contribution is -2.28. The number of aromatic nitrogens is 2. The molecule has 0 unspecified atom stereocenters. The van der Waals surface area contributed by atoms with E-state index in [1.54, 1.807) is 12.1 Å². The second kappa shape index (κ2) is 6.20. The highest BCUT2D eigenvalue weighted by molar-refractivity contribution is 6.30. The third kappa shape index (κ3) is 3.28. The molecule has 22 heavy (non-hydrogen) atoms. The molecule has 0 saturated carbocycles. The molecule has 2 N–H and O–H groups in total. The first kappa shape index (κ1) is 14.6. The lowest BCUT2D eigenvalue weighted by Gasteiger charge is -2.11. The molecule has 0 bridgehead atoms. The van der Waals surface area contributed by atoms with Crippen LogP contribution < -0.4 is 5.32 Å². The summed E-state index contributed by atoms with van der Waals surface area (Å²) >= 11 is 5.84. The third-order valence-electron chi connectivity index (χ3n) is 3.47. The summed E-state index contributed by atoms with van der Waals surface area (Å²) in [6.45, 7) is 1.91. The van der Waals surface area contributed by atoms with Gasteiger partial charge in [0.25, 0.3) is 0 Å². The predicted octanol–water partition coefficient (Wildman–Crippen LogP) is 3.64. The number of imidazole rings is 1. The van der Waals surface area contributed by atoms with Gasteiger partial charge in [0.1, 0.15) is 5.82 Å². The smallest absolute Gasteiger partial charge is 0.224 e. The van der Waals surface area contributed by atoms with Crippen LogP contribution in [-0.4, -0.2) is 15.9 Å². The number of amides is 1. The maximum atomic E-state index is 12.1. The van der Waals surface area contributed by atoms with Crippen molar-refractivity contribution in [3.8, 4) is 0 Å². The quantitative estimate of drug-likeness (QED) is 0.772. The topological polar surface area (TPSA) is 57.8 Å². The molecule has 0 aliphatic heterocycles. The van der Waals surface area contributed by atoms with Crippen LogP contribution in [0.25, 0.3) is 11.0 Å². The number of carbonyl (C=O) groups is 1. The van der Waals surface area contributed by atoms with Gasteiger partial charge in [0.15, 0.2) is 0 Å². The Morgan fingerprint density at radius 1 is 1.23 bits per heavy atom. The number of H-pyrrole nitrogens is 1. The normalized spacial score (nSPS) is 12.3. The molecule has 0 saturated heterocycles. The average molecular weight is 314 g/mol. The molecule has 1 aromatic heterocycles. The summed E-state index contributed by atoms with van der Waals surface area (Å²) in [5.41, 5.74) is 2.80. The standard InChI is InChI=1S/C17H16ClN3O/c1-11(17-20-14-4-2-3-5-15(14)21-17)19-16(22)10-12-6-8-13(18)9-7-12/h2-9,11H,10H2,1H3,(H,19,22)(H,20,21)/t11-/m1/s1. The van der Waals surface area contributed by atoms with Gasteiger partial charge in [-0.2, -0.15) is 0 Å². The number of carbonyl (C=O) groups excluding carboxylic acids is 1. The van der Waals surface area contributed by atoms with E-state index in [0.717, 1.165) is 22.4 Å². The van der Waals surface area contributed by atoms with Crippen LogP contribution in [0.15, 0.2) is 48.5 Å². The van der Waals surface area contributed by atoms with Gasteiger partial charge in [-0.25, -0.2) is 4.98 Å². The van der Waals surface area contributed by atoms with Crippen LogP contribution in [0.1, 0.15) is 24.4 Å². The SMILES string of the molecule is C[C@@H](NC(=O)Cc1ccc(Cl)cc1)c1nc2ccccc2[nH]1. The number of fused-ring (bicyclic) bond motifs is 1. The second-order valence-electron chi connectivity index (χ2n) is 5.23. The Morgan fingerprint density at radius 3 is 2.68 bits per heavy atom. The summed E-state index contributed by atoms with van der Waals surface area (Å²) in [5, 5.41) is 3.62. The van der Waals surface area contributed by atoms with Gasteiger partial charge >= 0.3 is 0 Å². The minimum absolute atomic E-state index is 0.0460. The number of nitrogens with one attached hydrogen (secondary N) is 2.